The van der Waals surface area contributed by atoms with E-state index in [-0.39, 0.29) is 16.7 Å². The molecule has 1 aliphatic heterocycles. The van der Waals surface area contributed by atoms with Gasteiger partial charge in [-0.05, 0) is 23.3 Å². The van der Waals surface area contributed by atoms with Crippen LogP contribution >= 0.6 is 0 Å². The van der Waals surface area contributed by atoms with Gasteiger partial charge in [-0.15, -0.1) is 0 Å². The van der Waals surface area contributed by atoms with Gasteiger partial charge in [0.05, 0.1) is 47.9 Å². The molecule has 4 rings (SSSR count). The van der Waals surface area contributed by atoms with Crippen molar-refractivity contribution in [3.63, 3.8) is 0 Å². The van der Waals surface area contributed by atoms with E-state index in [1.807, 2.05) is 6.07 Å². The lowest BCUT2D eigenvalue weighted by atomic mass is 9.81. The summed E-state index contributed by atoms with van der Waals surface area (Å²) < 4.78 is 44.4. The Morgan fingerprint density at radius 1 is 0.975 bits per heavy atom. The average Bonchev–Trinajstić information content (AvgIpc) is 2.96. The summed E-state index contributed by atoms with van der Waals surface area (Å²) in [5, 5.41) is 21.6. The summed E-state index contributed by atoms with van der Waals surface area (Å²) in [4.78, 5) is 26.7. The molecule has 0 fully saturated rings. The molecule has 12 heteroatoms. The average molecular weight is 562 g/mol. The minimum absolute atomic E-state index is 0.0500. The predicted octanol–water partition coefficient (Wildman–Crippen LogP) is 3.20. The Labute approximate surface area is 229 Å². The number of phenols is 1. The van der Waals surface area contributed by atoms with Gasteiger partial charge in [-0.2, -0.15) is 13.7 Å². The number of allylic oxidation sites excluding steroid dienone is 1. The lowest BCUT2D eigenvalue weighted by Gasteiger charge is -2.36. The van der Waals surface area contributed by atoms with Crippen molar-refractivity contribution in [1.29, 1.82) is 5.26 Å². The molecule has 0 amide bonds. The number of phenolic OH excluding ortho intramolecular Hbond substituents is 1. The van der Waals surface area contributed by atoms with Crippen LogP contribution < -0.4 is 10.6 Å². The predicted molar refractivity (Wildman–Crippen MR) is 143 cm³/mol. The molecule has 204 valence electrons. The Hall–Kier alpha value is -5.12. The second-order valence-corrected chi connectivity index (χ2v) is 9.94. The molecule has 0 saturated carbocycles. The maximum Gasteiger partial charge on any atom is 0.355 e. The van der Waals surface area contributed by atoms with E-state index in [4.69, 9.17) is 15.2 Å². The number of carbonyl (C=O) groups excluding carboxylic acids is 2. The van der Waals surface area contributed by atoms with Crippen molar-refractivity contribution in [3.05, 3.63) is 101 Å². The number of carbonyl (C=O) groups is 2. The second-order valence-electron chi connectivity index (χ2n) is 8.51. The number of aromatic hydroxyl groups is 1. The van der Waals surface area contributed by atoms with Crippen LogP contribution in [0.4, 0.5) is 5.69 Å². The third kappa shape index (κ3) is 4.86. The van der Waals surface area contributed by atoms with Crippen LogP contribution in [0.3, 0.4) is 0 Å². The minimum atomic E-state index is -4.86. The zero-order chi connectivity index (χ0) is 29.2. The molecular weight excluding hydrogens is 538 g/mol. The molecule has 40 heavy (non-hydrogen) atoms. The molecule has 0 bridgehead atoms. The molecule has 0 aliphatic carbocycles. The molecule has 1 atom stereocenters. The zero-order valence-corrected chi connectivity index (χ0v) is 22.0. The SMILES string of the molecule is COC(=O)C1=C(C(=O)OC)N(c2cc(S(=O)(=O)O)cc(-c3ccccc3)c2O)C(N)=C(C#N)C1c1ccccc1. The highest BCUT2D eigenvalue weighted by Crippen LogP contribution is 2.48. The van der Waals surface area contributed by atoms with Gasteiger partial charge in [0.2, 0.25) is 0 Å². The molecule has 3 aromatic rings. The number of nitriles is 1. The third-order valence-corrected chi connectivity index (χ3v) is 7.13. The second kappa shape index (κ2) is 10.9. The third-order valence-electron chi connectivity index (χ3n) is 6.30. The molecular formula is C28H23N3O8S. The summed E-state index contributed by atoms with van der Waals surface area (Å²) >= 11 is 0. The van der Waals surface area contributed by atoms with Crippen LogP contribution in [-0.2, 0) is 29.2 Å². The van der Waals surface area contributed by atoms with Crippen molar-refractivity contribution in [2.75, 3.05) is 19.1 Å². The van der Waals surface area contributed by atoms with Crippen LogP contribution in [0.2, 0.25) is 0 Å². The summed E-state index contributed by atoms with van der Waals surface area (Å²) in [6.45, 7) is 0. The Balaban J connectivity index is 2.17. The van der Waals surface area contributed by atoms with Crippen LogP contribution in [-0.4, -0.2) is 44.2 Å². The van der Waals surface area contributed by atoms with Gasteiger partial charge in [0.25, 0.3) is 10.1 Å². The number of hydrogen-bond donors (Lipinski definition) is 3. The number of nitrogens with two attached hydrogens (primary N) is 1. The fourth-order valence-electron chi connectivity index (χ4n) is 4.51. The molecule has 4 N–H and O–H groups in total. The Kier molecular flexibility index (Phi) is 7.63. The number of esters is 2. The lowest BCUT2D eigenvalue weighted by molar-refractivity contribution is -0.139. The van der Waals surface area contributed by atoms with Crippen LogP contribution in [0.5, 0.6) is 5.75 Å². The fourth-order valence-corrected chi connectivity index (χ4v) is 5.04. The van der Waals surface area contributed by atoms with Crippen molar-refractivity contribution >= 4 is 27.7 Å². The highest BCUT2D eigenvalue weighted by molar-refractivity contribution is 7.85. The Bertz CT molecular complexity index is 1710. The molecule has 0 spiro atoms. The number of benzene rings is 3. The molecule has 0 aromatic heterocycles. The summed E-state index contributed by atoms with van der Waals surface area (Å²) in [5.74, 6) is -4.24. The topological polar surface area (TPSA) is 180 Å². The van der Waals surface area contributed by atoms with Crippen LogP contribution in [0.25, 0.3) is 11.1 Å². The first kappa shape index (κ1) is 27.9. The van der Waals surface area contributed by atoms with Crippen molar-refractivity contribution in [1.82, 2.24) is 0 Å². The van der Waals surface area contributed by atoms with E-state index >= 15 is 0 Å². The van der Waals surface area contributed by atoms with Crippen LogP contribution in [0.1, 0.15) is 11.5 Å². The minimum Gasteiger partial charge on any atom is -0.505 e. The van der Waals surface area contributed by atoms with E-state index in [1.165, 1.54) is 0 Å². The van der Waals surface area contributed by atoms with Crippen molar-refractivity contribution < 1.29 is 37.1 Å². The number of rotatable bonds is 6. The Morgan fingerprint density at radius 3 is 2.08 bits per heavy atom. The Morgan fingerprint density at radius 2 is 1.55 bits per heavy atom. The maximum absolute atomic E-state index is 13.3. The maximum atomic E-state index is 13.3. The van der Waals surface area contributed by atoms with Gasteiger partial charge >= 0.3 is 11.9 Å². The van der Waals surface area contributed by atoms with Gasteiger partial charge in [0.15, 0.2) is 0 Å². The lowest BCUT2D eigenvalue weighted by Crippen LogP contribution is -2.40. The van der Waals surface area contributed by atoms with E-state index in [2.05, 4.69) is 0 Å². The van der Waals surface area contributed by atoms with Gasteiger partial charge in [-0.25, -0.2) is 9.59 Å². The number of hydrogen-bond acceptors (Lipinski definition) is 10. The molecule has 0 saturated heterocycles. The molecule has 1 aliphatic rings. The summed E-state index contributed by atoms with van der Waals surface area (Å²) in [6, 6.07) is 20.3. The number of anilines is 1. The normalized spacial score (nSPS) is 15.4. The van der Waals surface area contributed by atoms with Crippen molar-refractivity contribution in [2.24, 2.45) is 5.73 Å². The number of ether oxygens (including phenoxy) is 2. The van der Waals surface area contributed by atoms with Gasteiger partial charge in [0, 0.05) is 5.56 Å². The number of nitrogens with zero attached hydrogens (tertiary/aromatic N) is 2. The van der Waals surface area contributed by atoms with Crippen LogP contribution in [0, 0.1) is 11.3 Å². The first-order chi connectivity index (χ1) is 19.0. The van der Waals surface area contributed by atoms with Gasteiger partial charge in [-0.1, -0.05) is 60.7 Å². The van der Waals surface area contributed by atoms with Gasteiger partial charge in [-0.3, -0.25) is 9.45 Å². The van der Waals surface area contributed by atoms with E-state index in [0.29, 0.717) is 11.1 Å². The van der Waals surface area contributed by atoms with E-state index < -0.39 is 55.8 Å². The van der Waals surface area contributed by atoms with Crippen molar-refractivity contribution in [3.8, 4) is 22.9 Å². The fraction of sp³-hybridized carbons (Fsp3) is 0.107. The van der Waals surface area contributed by atoms with Gasteiger partial charge in [0.1, 0.15) is 17.3 Å². The van der Waals surface area contributed by atoms with E-state index in [0.717, 1.165) is 31.3 Å². The molecule has 0 radical (unpaired) electrons. The number of methoxy groups -OCH3 is 2. The highest BCUT2D eigenvalue weighted by atomic mass is 32.2. The summed E-state index contributed by atoms with van der Waals surface area (Å²) in [6.07, 6.45) is 0. The summed E-state index contributed by atoms with van der Waals surface area (Å²) in [7, 11) is -2.74. The molecule has 1 unspecified atom stereocenters. The monoisotopic (exact) mass is 561 g/mol. The zero-order valence-electron chi connectivity index (χ0n) is 21.2. The van der Waals surface area contributed by atoms with Crippen LogP contribution in [0.15, 0.2) is 100 Å². The molecule has 3 aromatic carbocycles. The largest absolute Gasteiger partial charge is 0.505 e. The first-order valence-electron chi connectivity index (χ1n) is 11.6. The van der Waals surface area contributed by atoms with Gasteiger partial charge < -0.3 is 20.3 Å². The summed E-state index contributed by atoms with van der Waals surface area (Å²) in [5.41, 5.74) is 5.70. The van der Waals surface area contributed by atoms with Crippen molar-refractivity contribution in [2.45, 2.75) is 10.8 Å². The quantitative estimate of drug-likeness (QED) is 0.297. The molecule has 11 nitrogen and oxygen atoms in total. The molecule has 1 heterocycles. The smallest absolute Gasteiger partial charge is 0.355 e. The van der Waals surface area contributed by atoms with E-state index in [9.17, 15) is 32.9 Å². The van der Waals surface area contributed by atoms with E-state index in [1.54, 1.807) is 60.7 Å². The standard InChI is InChI=1S/C28H23N3O8S/c1-38-27(33)23-22(17-11-7-4-8-12-17)20(15-29)26(30)31(24(23)28(34)39-2)21-14-18(40(35,36)37)13-19(25(21)32)16-9-5-3-6-10-16/h3-14,22,32H,30H2,1-2H3,(H,35,36,37). The first-order valence-corrected chi connectivity index (χ1v) is 13.0. The highest BCUT2D eigenvalue weighted by Gasteiger charge is 2.44.